The van der Waals surface area contributed by atoms with Crippen molar-refractivity contribution in [3.8, 4) is 11.5 Å². The Bertz CT molecular complexity index is 769. The van der Waals surface area contributed by atoms with Crippen LogP contribution in [0.15, 0.2) is 58.5 Å². The van der Waals surface area contributed by atoms with Crippen LogP contribution in [0.1, 0.15) is 31.4 Å². The van der Waals surface area contributed by atoms with E-state index in [1.807, 2.05) is 32.0 Å². The maximum atomic E-state index is 9.88. The average molecular weight is 354 g/mol. The van der Waals surface area contributed by atoms with Crippen LogP contribution in [0.3, 0.4) is 0 Å². The van der Waals surface area contributed by atoms with Crippen LogP contribution in [0.25, 0.3) is 0 Å². The van der Waals surface area contributed by atoms with Crippen molar-refractivity contribution < 1.29 is 14.9 Å². The van der Waals surface area contributed by atoms with Crippen LogP contribution < -0.4 is 0 Å². The van der Waals surface area contributed by atoms with Gasteiger partial charge in [-0.25, -0.2) is 0 Å². The predicted octanol–water partition coefficient (Wildman–Crippen LogP) is 3.82. The van der Waals surface area contributed by atoms with Gasteiger partial charge in [0.15, 0.2) is 0 Å². The number of ether oxygens (including phenoxy) is 1. The number of rotatable bonds is 8. The molecule has 2 aromatic rings. The third-order valence-corrected chi connectivity index (χ3v) is 4.12. The molecule has 0 aromatic heterocycles. The highest BCUT2D eigenvalue weighted by Crippen LogP contribution is 2.19. The second-order valence-corrected chi connectivity index (χ2v) is 6.71. The van der Waals surface area contributed by atoms with Crippen molar-refractivity contribution >= 4 is 12.4 Å². The Labute approximate surface area is 154 Å². The smallest absolute Gasteiger partial charge is 0.124 e. The number of phenols is 2. The zero-order chi connectivity index (χ0) is 19.0. The zero-order valence-corrected chi connectivity index (χ0v) is 15.5. The van der Waals surface area contributed by atoms with Crippen LogP contribution >= 0.6 is 0 Å². The van der Waals surface area contributed by atoms with Gasteiger partial charge in [0.25, 0.3) is 0 Å². The fraction of sp³-hybridized carbons (Fsp3) is 0.333. The largest absolute Gasteiger partial charge is 0.507 e. The topological polar surface area (TPSA) is 74.4 Å². The minimum absolute atomic E-state index is 0.119. The third-order valence-electron chi connectivity index (χ3n) is 4.12. The molecule has 2 rings (SSSR count). The number of methoxy groups -OCH3 is 1. The molecule has 138 valence electrons. The molecule has 5 nitrogen and oxygen atoms in total. The Hall–Kier alpha value is -2.66. The van der Waals surface area contributed by atoms with E-state index in [-0.39, 0.29) is 23.1 Å². The summed E-state index contributed by atoms with van der Waals surface area (Å²) in [5, 5.41) is 19.7. The first kappa shape index (κ1) is 19.7. The highest BCUT2D eigenvalue weighted by atomic mass is 16.5. The van der Waals surface area contributed by atoms with Crippen LogP contribution in [0.2, 0.25) is 0 Å². The van der Waals surface area contributed by atoms with Crippen LogP contribution in [-0.4, -0.2) is 47.9 Å². The highest BCUT2D eigenvalue weighted by molar-refractivity contribution is 5.84. The van der Waals surface area contributed by atoms with Crippen LogP contribution in [-0.2, 0) is 4.74 Å². The maximum Gasteiger partial charge on any atom is 0.124 e. The van der Waals surface area contributed by atoms with E-state index in [2.05, 4.69) is 9.98 Å². The standard InChI is InChI=1S/C21H26N2O3/c1-21(2,26-3)12-18(23-14-17-9-5-7-11-20(17)25)15-22-13-16-8-4-6-10-19(16)24/h4-11,13-14,18,24-25H,12,15H2,1-3H3. The molecule has 0 heterocycles. The van der Waals surface area contributed by atoms with E-state index in [0.29, 0.717) is 24.1 Å². The van der Waals surface area contributed by atoms with Crippen molar-refractivity contribution in [3.05, 3.63) is 59.7 Å². The number of nitrogens with zero attached hydrogens (tertiary/aromatic N) is 2. The summed E-state index contributed by atoms with van der Waals surface area (Å²) in [6.45, 7) is 4.45. The third kappa shape index (κ3) is 6.01. The molecule has 2 N–H and O–H groups in total. The predicted molar refractivity (Wildman–Crippen MR) is 106 cm³/mol. The Kier molecular flexibility index (Phi) is 6.92. The lowest BCUT2D eigenvalue weighted by Gasteiger charge is -2.25. The number of para-hydroxylation sites is 2. The summed E-state index contributed by atoms with van der Waals surface area (Å²) in [7, 11) is 1.68. The molecule has 0 aliphatic heterocycles. The summed E-state index contributed by atoms with van der Waals surface area (Å²) in [6.07, 6.45) is 3.99. The summed E-state index contributed by atoms with van der Waals surface area (Å²) in [6, 6.07) is 14.0. The van der Waals surface area contributed by atoms with E-state index in [1.165, 1.54) is 0 Å². The van der Waals surface area contributed by atoms with E-state index in [1.54, 1.807) is 49.9 Å². The molecule has 0 saturated carbocycles. The minimum Gasteiger partial charge on any atom is -0.507 e. The SMILES string of the molecule is COC(C)(C)CC(CN=Cc1ccccc1O)N=Cc1ccccc1O. The molecule has 0 bridgehead atoms. The lowest BCUT2D eigenvalue weighted by Crippen LogP contribution is -2.29. The van der Waals surface area contributed by atoms with Gasteiger partial charge in [-0.2, -0.15) is 0 Å². The van der Waals surface area contributed by atoms with E-state index < -0.39 is 0 Å². The second kappa shape index (κ2) is 9.15. The molecule has 26 heavy (non-hydrogen) atoms. The molecule has 0 aliphatic carbocycles. The van der Waals surface area contributed by atoms with Gasteiger partial charge in [0.1, 0.15) is 11.5 Å². The number of phenolic OH excluding ortho intramolecular Hbond substituents is 2. The van der Waals surface area contributed by atoms with E-state index >= 15 is 0 Å². The van der Waals surface area contributed by atoms with Crippen LogP contribution in [0.5, 0.6) is 11.5 Å². The van der Waals surface area contributed by atoms with Gasteiger partial charge >= 0.3 is 0 Å². The molecule has 0 fully saturated rings. The fourth-order valence-electron chi connectivity index (χ4n) is 2.47. The minimum atomic E-state index is -0.342. The summed E-state index contributed by atoms with van der Waals surface area (Å²) < 4.78 is 5.51. The molecule has 0 aliphatic rings. The number of aliphatic imine (C=N–C) groups is 2. The van der Waals surface area contributed by atoms with Gasteiger partial charge in [0, 0.05) is 30.7 Å². The molecular weight excluding hydrogens is 328 g/mol. The Balaban J connectivity index is 2.13. The molecule has 2 aromatic carbocycles. The van der Waals surface area contributed by atoms with Crippen molar-refractivity contribution in [2.45, 2.75) is 31.9 Å². The van der Waals surface area contributed by atoms with Crippen molar-refractivity contribution in [2.75, 3.05) is 13.7 Å². The summed E-state index contributed by atoms with van der Waals surface area (Å²) in [5.41, 5.74) is 0.991. The van der Waals surface area contributed by atoms with Gasteiger partial charge in [-0.05, 0) is 44.5 Å². The van der Waals surface area contributed by atoms with Gasteiger partial charge < -0.3 is 14.9 Å². The van der Waals surface area contributed by atoms with E-state index in [9.17, 15) is 10.2 Å². The van der Waals surface area contributed by atoms with Gasteiger partial charge in [-0.1, -0.05) is 24.3 Å². The quantitative estimate of drug-likeness (QED) is 0.708. The first-order chi connectivity index (χ1) is 12.4. The average Bonchev–Trinajstić information content (AvgIpc) is 2.62. The Morgan fingerprint density at radius 2 is 1.50 bits per heavy atom. The molecular formula is C21H26N2O3. The summed E-state index contributed by atoms with van der Waals surface area (Å²) >= 11 is 0. The van der Waals surface area contributed by atoms with Gasteiger partial charge in [0.05, 0.1) is 18.2 Å². The maximum absolute atomic E-state index is 9.88. The second-order valence-electron chi connectivity index (χ2n) is 6.71. The van der Waals surface area contributed by atoms with Crippen molar-refractivity contribution in [1.29, 1.82) is 0 Å². The van der Waals surface area contributed by atoms with Crippen molar-refractivity contribution in [3.63, 3.8) is 0 Å². The zero-order valence-electron chi connectivity index (χ0n) is 15.5. The highest BCUT2D eigenvalue weighted by Gasteiger charge is 2.22. The number of hydrogen-bond acceptors (Lipinski definition) is 5. The summed E-state index contributed by atoms with van der Waals surface area (Å²) in [5.74, 6) is 0.390. The number of benzene rings is 2. The molecule has 0 saturated heterocycles. The van der Waals surface area contributed by atoms with Crippen molar-refractivity contribution in [2.24, 2.45) is 9.98 Å². The van der Waals surface area contributed by atoms with Gasteiger partial charge in [-0.15, -0.1) is 0 Å². The number of aromatic hydroxyl groups is 2. The molecule has 0 radical (unpaired) electrons. The molecule has 1 unspecified atom stereocenters. The fourth-order valence-corrected chi connectivity index (χ4v) is 2.47. The normalized spacial score (nSPS) is 13.5. The van der Waals surface area contributed by atoms with Crippen molar-refractivity contribution in [1.82, 2.24) is 0 Å². The Morgan fingerprint density at radius 1 is 0.962 bits per heavy atom. The van der Waals surface area contributed by atoms with E-state index in [0.717, 1.165) is 0 Å². The molecule has 5 heteroatoms. The Morgan fingerprint density at radius 3 is 2.04 bits per heavy atom. The van der Waals surface area contributed by atoms with E-state index in [4.69, 9.17) is 4.74 Å². The molecule has 0 spiro atoms. The number of hydrogen-bond donors (Lipinski definition) is 2. The molecule has 1 atom stereocenters. The monoisotopic (exact) mass is 354 g/mol. The van der Waals surface area contributed by atoms with Gasteiger partial charge in [0.2, 0.25) is 0 Å². The van der Waals surface area contributed by atoms with Crippen LogP contribution in [0, 0.1) is 0 Å². The summed E-state index contributed by atoms with van der Waals surface area (Å²) in [4.78, 5) is 9.04. The van der Waals surface area contributed by atoms with Crippen LogP contribution in [0.4, 0.5) is 0 Å². The lowest BCUT2D eigenvalue weighted by molar-refractivity contribution is 0.0110. The first-order valence-electron chi connectivity index (χ1n) is 8.55. The van der Waals surface area contributed by atoms with Gasteiger partial charge in [-0.3, -0.25) is 9.98 Å². The lowest BCUT2D eigenvalue weighted by atomic mass is 9.99. The first-order valence-corrected chi connectivity index (χ1v) is 8.55. The molecule has 0 amide bonds.